The molecule has 0 atom stereocenters. The third-order valence-electron chi connectivity index (χ3n) is 3.52. The Kier molecular flexibility index (Phi) is 7.65. The molecule has 2 amide bonds. The summed E-state index contributed by atoms with van der Waals surface area (Å²) in [5, 5.41) is 6.91. The normalized spacial score (nSPS) is 10.4. The number of methoxy groups -OCH3 is 3. The van der Waals surface area contributed by atoms with Crippen LogP contribution in [0.3, 0.4) is 0 Å². The predicted molar refractivity (Wildman–Crippen MR) is 107 cm³/mol. The lowest BCUT2D eigenvalue weighted by molar-refractivity contribution is -0.126. The van der Waals surface area contributed by atoms with Crippen LogP contribution in [0.15, 0.2) is 41.5 Å². The summed E-state index contributed by atoms with van der Waals surface area (Å²) >= 11 is 5.85. The van der Waals surface area contributed by atoms with E-state index in [9.17, 15) is 9.59 Å². The number of carbonyl (C=O) groups excluding carboxylic acids is 2. The van der Waals surface area contributed by atoms with Crippen LogP contribution in [0.5, 0.6) is 17.2 Å². The van der Waals surface area contributed by atoms with Crippen molar-refractivity contribution in [2.45, 2.75) is 6.42 Å². The smallest absolute Gasteiger partial charge is 0.249 e. The first kappa shape index (κ1) is 21.0. The second-order valence-corrected chi connectivity index (χ2v) is 5.92. The highest BCUT2D eigenvalue weighted by molar-refractivity contribution is 6.30. The van der Waals surface area contributed by atoms with Gasteiger partial charge < -0.3 is 19.5 Å². The lowest BCUT2D eigenvalue weighted by Crippen LogP contribution is -2.24. The molecule has 0 aliphatic rings. The van der Waals surface area contributed by atoms with Crippen LogP contribution >= 0.6 is 11.6 Å². The fraction of sp³-hybridized carbons (Fsp3) is 0.211. The summed E-state index contributed by atoms with van der Waals surface area (Å²) in [7, 11) is 4.50. The maximum atomic E-state index is 11.9. The SMILES string of the molecule is COc1cc(/C=N\NC(=O)CC(=O)Nc2cccc(Cl)c2)cc(OC)c1OC. The number of anilines is 1. The Morgan fingerprint density at radius 3 is 2.29 bits per heavy atom. The highest BCUT2D eigenvalue weighted by atomic mass is 35.5. The summed E-state index contributed by atoms with van der Waals surface area (Å²) in [5.41, 5.74) is 3.41. The number of nitrogens with one attached hydrogen (secondary N) is 2. The first-order valence-electron chi connectivity index (χ1n) is 8.14. The van der Waals surface area contributed by atoms with Gasteiger partial charge in [0.15, 0.2) is 11.5 Å². The monoisotopic (exact) mass is 405 g/mol. The number of halogens is 1. The van der Waals surface area contributed by atoms with Gasteiger partial charge in [-0.05, 0) is 30.3 Å². The van der Waals surface area contributed by atoms with E-state index in [0.717, 1.165) is 0 Å². The van der Waals surface area contributed by atoms with E-state index in [1.807, 2.05) is 0 Å². The van der Waals surface area contributed by atoms with E-state index in [2.05, 4.69) is 15.8 Å². The summed E-state index contributed by atoms with van der Waals surface area (Å²) < 4.78 is 15.7. The Hall–Kier alpha value is -3.26. The number of nitrogens with zero attached hydrogens (tertiary/aromatic N) is 1. The number of benzene rings is 2. The molecule has 0 aromatic heterocycles. The summed E-state index contributed by atoms with van der Waals surface area (Å²) in [5.74, 6) is 0.306. The average Bonchev–Trinajstić information content (AvgIpc) is 2.66. The number of hydrazone groups is 1. The van der Waals surface area contributed by atoms with E-state index in [-0.39, 0.29) is 6.42 Å². The summed E-state index contributed by atoms with van der Waals surface area (Å²) in [4.78, 5) is 23.8. The molecule has 2 aromatic rings. The standard InChI is InChI=1S/C19H20ClN3O5/c1-26-15-7-12(8-16(27-2)19(15)28-3)11-21-23-18(25)10-17(24)22-14-6-4-5-13(20)9-14/h4-9,11H,10H2,1-3H3,(H,22,24)(H,23,25)/b21-11-. The molecule has 28 heavy (non-hydrogen) atoms. The zero-order valence-electron chi connectivity index (χ0n) is 15.6. The molecule has 148 valence electrons. The van der Waals surface area contributed by atoms with Gasteiger partial charge in [-0.3, -0.25) is 9.59 Å². The van der Waals surface area contributed by atoms with Crippen molar-refractivity contribution in [1.82, 2.24) is 5.43 Å². The van der Waals surface area contributed by atoms with Crippen molar-refractivity contribution in [1.29, 1.82) is 0 Å². The maximum Gasteiger partial charge on any atom is 0.249 e. The van der Waals surface area contributed by atoms with Gasteiger partial charge in [-0.15, -0.1) is 0 Å². The highest BCUT2D eigenvalue weighted by Crippen LogP contribution is 2.37. The molecule has 0 spiro atoms. The quantitative estimate of drug-likeness (QED) is 0.400. The zero-order chi connectivity index (χ0) is 20.5. The second-order valence-electron chi connectivity index (χ2n) is 5.49. The van der Waals surface area contributed by atoms with E-state index >= 15 is 0 Å². The molecular formula is C19H20ClN3O5. The first-order chi connectivity index (χ1) is 13.5. The van der Waals surface area contributed by atoms with E-state index in [1.54, 1.807) is 36.4 Å². The Balaban J connectivity index is 1.94. The van der Waals surface area contributed by atoms with Crippen LogP contribution < -0.4 is 25.0 Å². The average molecular weight is 406 g/mol. The molecule has 0 saturated carbocycles. The van der Waals surface area contributed by atoms with Gasteiger partial charge >= 0.3 is 0 Å². The number of amides is 2. The molecule has 0 unspecified atom stereocenters. The Labute approximate surface area is 167 Å². The van der Waals surface area contributed by atoms with Gasteiger partial charge in [-0.2, -0.15) is 5.10 Å². The van der Waals surface area contributed by atoms with Gasteiger partial charge in [-0.25, -0.2) is 5.43 Å². The van der Waals surface area contributed by atoms with Gasteiger partial charge in [0, 0.05) is 16.3 Å². The molecule has 0 radical (unpaired) electrons. The third-order valence-corrected chi connectivity index (χ3v) is 3.75. The van der Waals surface area contributed by atoms with Crippen molar-refractivity contribution in [3.05, 3.63) is 47.0 Å². The van der Waals surface area contributed by atoms with Crippen LogP contribution in [0.1, 0.15) is 12.0 Å². The van der Waals surface area contributed by atoms with Crippen molar-refractivity contribution < 1.29 is 23.8 Å². The molecule has 2 aromatic carbocycles. The van der Waals surface area contributed by atoms with Gasteiger partial charge in [0.25, 0.3) is 0 Å². The molecule has 8 nitrogen and oxygen atoms in total. The largest absolute Gasteiger partial charge is 0.493 e. The lowest BCUT2D eigenvalue weighted by atomic mass is 10.2. The van der Waals surface area contributed by atoms with Crippen LogP contribution in [0.25, 0.3) is 0 Å². The second kappa shape index (κ2) is 10.2. The van der Waals surface area contributed by atoms with Gasteiger partial charge in [0.1, 0.15) is 6.42 Å². The summed E-state index contributed by atoms with van der Waals surface area (Å²) in [6, 6.07) is 9.97. The van der Waals surface area contributed by atoms with Crippen molar-refractivity contribution >= 4 is 35.3 Å². The molecular weight excluding hydrogens is 386 g/mol. The van der Waals surface area contributed by atoms with Crippen molar-refractivity contribution in [2.75, 3.05) is 26.6 Å². The molecule has 0 aliphatic carbocycles. The minimum absolute atomic E-state index is 0.390. The van der Waals surface area contributed by atoms with Crippen LogP contribution in [0.4, 0.5) is 5.69 Å². The molecule has 2 rings (SSSR count). The number of hydrogen-bond acceptors (Lipinski definition) is 6. The van der Waals surface area contributed by atoms with Crippen LogP contribution in [-0.2, 0) is 9.59 Å². The van der Waals surface area contributed by atoms with Crippen LogP contribution in [-0.4, -0.2) is 39.4 Å². The molecule has 0 heterocycles. The highest BCUT2D eigenvalue weighted by Gasteiger charge is 2.13. The van der Waals surface area contributed by atoms with Crippen molar-refractivity contribution in [3.63, 3.8) is 0 Å². The zero-order valence-corrected chi connectivity index (χ0v) is 16.4. The Morgan fingerprint density at radius 2 is 1.71 bits per heavy atom. The summed E-state index contributed by atoms with van der Waals surface area (Å²) in [6.45, 7) is 0. The minimum Gasteiger partial charge on any atom is -0.493 e. The minimum atomic E-state index is -0.566. The topological polar surface area (TPSA) is 98.2 Å². The van der Waals surface area contributed by atoms with E-state index in [1.165, 1.54) is 27.5 Å². The van der Waals surface area contributed by atoms with Gasteiger partial charge in [0.2, 0.25) is 17.6 Å². The Bertz CT molecular complexity index is 861. The molecule has 0 saturated heterocycles. The van der Waals surface area contributed by atoms with E-state index < -0.39 is 11.8 Å². The molecule has 9 heteroatoms. The predicted octanol–water partition coefficient (Wildman–Crippen LogP) is 2.84. The van der Waals surface area contributed by atoms with Crippen molar-refractivity contribution in [3.8, 4) is 17.2 Å². The maximum absolute atomic E-state index is 11.9. The number of hydrogen-bond donors (Lipinski definition) is 2. The fourth-order valence-electron chi connectivity index (χ4n) is 2.31. The number of rotatable bonds is 8. The number of carbonyl (C=O) groups is 2. The number of ether oxygens (including phenoxy) is 3. The van der Waals surface area contributed by atoms with Gasteiger partial charge in [0.05, 0.1) is 27.5 Å². The first-order valence-corrected chi connectivity index (χ1v) is 8.52. The molecule has 0 fully saturated rings. The molecule has 2 N–H and O–H groups in total. The molecule has 0 bridgehead atoms. The fourth-order valence-corrected chi connectivity index (χ4v) is 2.50. The Morgan fingerprint density at radius 1 is 1.04 bits per heavy atom. The summed E-state index contributed by atoms with van der Waals surface area (Å²) in [6.07, 6.45) is 1.01. The van der Waals surface area contributed by atoms with E-state index in [0.29, 0.717) is 33.5 Å². The van der Waals surface area contributed by atoms with Crippen molar-refractivity contribution in [2.24, 2.45) is 5.10 Å². The van der Waals surface area contributed by atoms with Gasteiger partial charge in [-0.1, -0.05) is 17.7 Å². The lowest BCUT2D eigenvalue weighted by Gasteiger charge is -2.12. The van der Waals surface area contributed by atoms with E-state index in [4.69, 9.17) is 25.8 Å². The van der Waals surface area contributed by atoms with Crippen LogP contribution in [0.2, 0.25) is 5.02 Å². The molecule has 0 aliphatic heterocycles. The van der Waals surface area contributed by atoms with Crippen LogP contribution in [0, 0.1) is 0 Å². The third kappa shape index (κ3) is 5.88.